The van der Waals surface area contributed by atoms with Crippen molar-refractivity contribution in [3.8, 4) is 11.5 Å². The molecule has 2 aliphatic rings. The number of nitrogens with one attached hydrogen (secondary N) is 1. The topological polar surface area (TPSA) is 80.1 Å². The van der Waals surface area contributed by atoms with E-state index in [1.54, 1.807) is 0 Å². The van der Waals surface area contributed by atoms with Crippen molar-refractivity contribution in [1.29, 1.82) is 0 Å². The molecule has 2 aromatic heterocycles. The Morgan fingerprint density at radius 2 is 2.00 bits per heavy atom. The lowest BCUT2D eigenvalue weighted by molar-refractivity contribution is 0.0327. The van der Waals surface area contributed by atoms with Crippen molar-refractivity contribution in [3.05, 3.63) is 17.7 Å². The van der Waals surface area contributed by atoms with Crippen LogP contribution in [0.5, 0.6) is 0 Å². The van der Waals surface area contributed by atoms with E-state index in [2.05, 4.69) is 25.2 Å². The summed E-state index contributed by atoms with van der Waals surface area (Å²) in [5, 5.41) is 11.5. The number of aromatic amines is 1. The number of hydrogen-bond acceptors (Lipinski definition) is 6. The van der Waals surface area contributed by atoms with E-state index < -0.39 is 0 Å². The minimum absolute atomic E-state index is 0.538. The maximum atomic E-state index is 5.50. The molecule has 0 aromatic carbocycles. The molecule has 0 amide bonds. The zero-order valence-corrected chi connectivity index (χ0v) is 13.3. The zero-order valence-electron chi connectivity index (χ0n) is 13.3. The van der Waals surface area contributed by atoms with Gasteiger partial charge in [0.15, 0.2) is 5.82 Å². The molecule has 0 bridgehead atoms. The number of nitrogens with zero attached hydrogens (tertiary/aromatic N) is 4. The predicted molar refractivity (Wildman–Crippen MR) is 83.8 cm³/mol. The standard InChI is InChI=1S/C16H23N5O2/c1-2-4-12(5-3-1)15-13(10-17-19-15)16-18-14(20-23-16)11-21-6-8-22-9-7-21/h10,12H,1-9,11H2,(H,17,19). The molecule has 4 rings (SSSR count). The lowest BCUT2D eigenvalue weighted by atomic mass is 9.85. The quantitative estimate of drug-likeness (QED) is 0.932. The maximum absolute atomic E-state index is 5.50. The van der Waals surface area contributed by atoms with E-state index in [0.717, 1.165) is 43.4 Å². The van der Waals surface area contributed by atoms with Crippen molar-refractivity contribution in [1.82, 2.24) is 25.2 Å². The van der Waals surface area contributed by atoms with Gasteiger partial charge in [0.2, 0.25) is 0 Å². The van der Waals surface area contributed by atoms with Crippen LogP contribution in [0.2, 0.25) is 0 Å². The normalized spacial score (nSPS) is 20.9. The first-order valence-corrected chi connectivity index (χ1v) is 8.56. The van der Waals surface area contributed by atoms with Crippen LogP contribution in [-0.4, -0.2) is 51.5 Å². The van der Waals surface area contributed by atoms with Gasteiger partial charge in [-0.1, -0.05) is 24.4 Å². The monoisotopic (exact) mass is 317 g/mol. The molecule has 1 aliphatic carbocycles. The predicted octanol–water partition coefficient (Wildman–Crippen LogP) is 2.34. The highest BCUT2D eigenvalue weighted by atomic mass is 16.5. The number of morpholine rings is 1. The van der Waals surface area contributed by atoms with Gasteiger partial charge >= 0.3 is 0 Å². The molecule has 1 saturated carbocycles. The molecule has 0 atom stereocenters. The number of hydrogen-bond donors (Lipinski definition) is 1. The Kier molecular flexibility index (Phi) is 4.39. The van der Waals surface area contributed by atoms with Crippen molar-refractivity contribution >= 4 is 0 Å². The molecule has 7 heteroatoms. The third-order valence-electron chi connectivity index (χ3n) is 4.85. The van der Waals surface area contributed by atoms with Gasteiger partial charge in [0, 0.05) is 19.0 Å². The third kappa shape index (κ3) is 3.30. The molecule has 1 saturated heterocycles. The minimum atomic E-state index is 0.538. The summed E-state index contributed by atoms with van der Waals surface area (Å²) in [6.45, 7) is 4.10. The van der Waals surface area contributed by atoms with Gasteiger partial charge in [-0.15, -0.1) is 0 Å². The Hall–Kier alpha value is -1.73. The summed E-state index contributed by atoms with van der Waals surface area (Å²) >= 11 is 0. The molecule has 0 spiro atoms. The van der Waals surface area contributed by atoms with Gasteiger partial charge in [-0.05, 0) is 12.8 Å². The summed E-state index contributed by atoms with van der Waals surface area (Å²) in [6, 6.07) is 0. The second-order valence-electron chi connectivity index (χ2n) is 6.44. The summed E-state index contributed by atoms with van der Waals surface area (Å²) in [5.74, 6) is 1.86. The molecular formula is C16H23N5O2. The third-order valence-corrected chi connectivity index (χ3v) is 4.85. The number of rotatable bonds is 4. The fraction of sp³-hybridized carbons (Fsp3) is 0.688. The van der Waals surface area contributed by atoms with Crippen molar-refractivity contribution < 1.29 is 9.26 Å². The number of aromatic nitrogens is 4. The second-order valence-corrected chi connectivity index (χ2v) is 6.44. The average Bonchev–Trinajstić information content (AvgIpc) is 3.25. The largest absolute Gasteiger partial charge is 0.379 e. The SMILES string of the molecule is c1n[nH]c(C2CCCCC2)c1-c1nc(CN2CCOCC2)no1. The fourth-order valence-electron chi connectivity index (χ4n) is 3.56. The molecule has 2 aromatic rings. The second kappa shape index (κ2) is 6.80. The van der Waals surface area contributed by atoms with Crippen molar-refractivity contribution in [2.75, 3.05) is 26.3 Å². The molecule has 1 N–H and O–H groups in total. The molecule has 0 unspecified atom stereocenters. The number of H-pyrrole nitrogens is 1. The fourth-order valence-corrected chi connectivity index (χ4v) is 3.56. The molecule has 7 nitrogen and oxygen atoms in total. The van der Waals surface area contributed by atoms with Crippen LogP contribution in [0.15, 0.2) is 10.7 Å². The van der Waals surface area contributed by atoms with Crippen LogP contribution in [0, 0.1) is 0 Å². The number of ether oxygens (including phenoxy) is 1. The van der Waals surface area contributed by atoms with Gasteiger partial charge in [0.25, 0.3) is 5.89 Å². The van der Waals surface area contributed by atoms with Crippen LogP contribution in [-0.2, 0) is 11.3 Å². The summed E-state index contributed by atoms with van der Waals surface area (Å²) in [5.41, 5.74) is 2.13. The molecule has 3 heterocycles. The van der Waals surface area contributed by atoms with Crippen LogP contribution in [0.3, 0.4) is 0 Å². The van der Waals surface area contributed by atoms with Gasteiger partial charge < -0.3 is 9.26 Å². The molecule has 124 valence electrons. The summed E-state index contributed by atoms with van der Waals surface area (Å²) in [4.78, 5) is 6.87. The highest BCUT2D eigenvalue weighted by Gasteiger charge is 2.24. The van der Waals surface area contributed by atoms with E-state index in [0.29, 0.717) is 18.4 Å². The lowest BCUT2D eigenvalue weighted by Crippen LogP contribution is -2.35. The summed E-state index contributed by atoms with van der Waals surface area (Å²) in [6.07, 6.45) is 8.15. The summed E-state index contributed by atoms with van der Waals surface area (Å²) in [7, 11) is 0. The smallest absolute Gasteiger partial charge is 0.261 e. The first kappa shape index (κ1) is 14.8. The molecular weight excluding hydrogens is 294 g/mol. The van der Waals surface area contributed by atoms with Crippen LogP contribution in [0.25, 0.3) is 11.5 Å². The summed E-state index contributed by atoms with van der Waals surface area (Å²) < 4.78 is 10.9. The Balaban J connectivity index is 1.49. The van der Waals surface area contributed by atoms with Gasteiger partial charge in [-0.25, -0.2) is 0 Å². The zero-order chi connectivity index (χ0) is 15.5. The van der Waals surface area contributed by atoms with Crippen LogP contribution >= 0.6 is 0 Å². The molecule has 0 radical (unpaired) electrons. The highest BCUT2D eigenvalue weighted by molar-refractivity contribution is 5.56. The van der Waals surface area contributed by atoms with E-state index in [4.69, 9.17) is 9.26 Å². The van der Waals surface area contributed by atoms with Crippen LogP contribution in [0.4, 0.5) is 0 Å². The highest BCUT2D eigenvalue weighted by Crippen LogP contribution is 2.36. The van der Waals surface area contributed by atoms with E-state index in [1.165, 1.54) is 32.1 Å². The van der Waals surface area contributed by atoms with Crippen molar-refractivity contribution in [2.24, 2.45) is 0 Å². The van der Waals surface area contributed by atoms with Gasteiger partial charge in [-0.2, -0.15) is 10.1 Å². The van der Waals surface area contributed by atoms with E-state index >= 15 is 0 Å². The van der Waals surface area contributed by atoms with Gasteiger partial charge in [-0.3, -0.25) is 10.00 Å². The minimum Gasteiger partial charge on any atom is -0.379 e. The van der Waals surface area contributed by atoms with Crippen molar-refractivity contribution in [3.63, 3.8) is 0 Å². The van der Waals surface area contributed by atoms with Crippen LogP contribution in [0.1, 0.15) is 49.5 Å². The van der Waals surface area contributed by atoms with E-state index in [-0.39, 0.29) is 0 Å². The average molecular weight is 317 g/mol. The Bertz CT molecular complexity index is 626. The lowest BCUT2D eigenvalue weighted by Gasteiger charge is -2.24. The van der Waals surface area contributed by atoms with E-state index in [1.807, 2.05) is 6.20 Å². The van der Waals surface area contributed by atoms with E-state index in [9.17, 15) is 0 Å². The maximum Gasteiger partial charge on any atom is 0.261 e. The van der Waals surface area contributed by atoms with Crippen molar-refractivity contribution in [2.45, 2.75) is 44.6 Å². The van der Waals surface area contributed by atoms with Crippen LogP contribution < -0.4 is 0 Å². The molecule has 23 heavy (non-hydrogen) atoms. The Labute approximate surface area is 135 Å². The van der Waals surface area contributed by atoms with Gasteiger partial charge in [0.05, 0.1) is 37.2 Å². The Morgan fingerprint density at radius 3 is 2.83 bits per heavy atom. The first-order valence-electron chi connectivity index (χ1n) is 8.56. The van der Waals surface area contributed by atoms with Gasteiger partial charge in [0.1, 0.15) is 0 Å². The Morgan fingerprint density at radius 1 is 1.17 bits per heavy atom. The first-order chi connectivity index (χ1) is 11.4. The molecule has 2 fully saturated rings. The molecule has 1 aliphatic heterocycles.